The number of furan rings is 1. The van der Waals surface area contributed by atoms with Gasteiger partial charge in [-0.2, -0.15) is 10.4 Å². The van der Waals surface area contributed by atoms with E-state index in [9.17, 15) is 9.47 Å². The summed E-state index contributed by atoms with van der Waals surface area (Å²) in [4.78, 5) is 12.5. The molecule has 10 nitrogen and oxygen atoms in total. The summed E-state index contributed by atoms with van der Waals surface area (Å²) in [5, 5.41) is 15.1. The van der Waals surface area contributed by atoms with Crippen LogP contribution in [-0.2, 0) is 16.5 Å². The highest BCUT2D eigenvalue weighted by molar-refractivity contribution is 7.82. The molecule has 1 fully saturated rings. The van der Waals surface area contributed by atoms with Crippen molar-refractivity contribution < 1.29 is 8.63 Å². The van der Waals surface area contributed by atoms with Gasteiger partial charge >= 0.3 is 0 Å². The van der Waals surface area contributed by atoms with Crippen molar-refractivity contribution in [1.29, 1.82) is 5.26 Å². The zero-order valence-corrected chi connectivity index (χ0v) is 19.5. The Balaban J connectivity index is 1.52. The molecule has 0 aromatic carbocycles. The number of imidazole rings is 1. The fraction of sp³-hybridized carbons (Fsp3) is 0.304. The second-order valence-electron chi connectivity index (χ2n) is 8.52. The van der Waals surface area contributed by atoms with Crippen molar-refractivity contribution in [2.45, 2.75) is 25.8 Å². The highest BCUT2D eigenvalue weighted by atomic mass is 32.2. The molecule has 1 saturated heterocycles. The molecule has 172 valence electrons. The van der Waals surface area contributed by atoms with E-state index in [0.29, 0.717) is 30.4 Å². The fourth-order valence-electron chi connectivity index (χ4n) is 4.65. The van der Waals surface area contributed by atoms with Gasteiger partial charge in [-0.15, -0.1) is 0 Å². The van der Waals surface area contributed by atoms with Crippen LogP contribution in [0.5, 0.6) is 0 Å². The first-order valence-corrected chi connectivity index (χ1v) is 12.3. The average Bonchev–Trinajstić information content (AvgIpc) is 3.59. The van der Waals surface area contributed by atoms with Crippen molar-refractivity contribution in [2.24, 2.45) is 0 Å². The Kier molecular flexibility index (Phi) is 4.68. The van der Waals surface area contributed by atoms with Crippen molar-refractivity contribution in [1.82, 2.24) is 33.6 Å². The first-order valence-electron chi connectivity index (χ1n) is 11.0. The summed E-state index contributed by atoms with van der Waals surface area (Å²) in [6.07, 6.45) is 7.59. The van der Waals surface area contributed by atoms with Gasteiger partial charge in [0.1, 0.15) is 22.5 Å². The lowest BCUT2D eigenvalue weighted by atomic mass is 9.89. The van der Waals surface area contributed by atoms with Crippen molar-refractivity contribution in [3.05, 3.63) is 48.7 Å². The van der Waals surface area contributed by atoms with E-state index in [-0.39, 0.29) is 6.42 Å². The van der Waals surface area contributed by atoms with Crippen LogP contribution in [0.25, 0.3) is 39.3 Å². The maximum absolute atomic E-state index is 12.3. The second-order valence-corrected chi connectivity index (χ2v) is 10.3. The van der Waals surface area contributed by atoms with Crippen LogP contribution in [0, 0.1) is 18.3 Å². The molecule has 34 heavy (non-hydrogen) atoms. The summed E-state index contributed by atoms with van der Waals surface area (Å²) < 4.78 is 23.9. The Labute approximate surface area is 197 Å². The van der Waals surface area contributed by atoms with Crippen LogP contribution in [0.2, 0.25) is 0 Å². The zero-order valence-electron chi connectivity index (χ0n) is 18.7. The maximum Gasteiger partial charge on any atom is 0.182 e. The third-order valence-electron chi connectivity index (χ3n) is 6.36. The Morgan fingerprint density at radius 2 is 2.15 bits per heavy atom. The van der Waals surface area contributed by atoms with E-state index in [0.717, 1.165) is 33.5 Å². The van der Waals surface area contributed by atoms with Crippen LogP contribution in [-0.4, -0.2) is 56.7 Å². The molecule has 1 unspecified atom stereocenters. The van der Waals surface area contributed by atoms with Crippen LogP contribution < -0.4 is 0 Å². The molecule has 6 rings (SSSR count). The van der Waals surface area contributed by atoms with Gasteiger partial charge in [-0.1, -0.05) is 6.92 Å². The van der Waals surface area contributed by atoms with Crippen LogP contribution in [0.3, 0.4) is 0 Å². The molecule has 0 aliphatic carbocycles. The summed E-state index contributed by atoms with van der Waals surface area (Å²) in [5.41, 5.74) is 2.68. The number of H-pyrrole nitrogens is 1. The summed E-state index contributed by atoms with van der Waals surface area (Å²) in [7, 11) is -1.04. The van der Waals surface area contributed by atoms with Gasteiger partial charge < -0.3 is 9.40 Å². The summed E-state index contributed by atoms with van der Waals surface area (Å²) in [6.45, 7) is 4.83. The van der Waals surface area contributed by atoms with E-state index in [1.165, 1.54) is 0 Å². The fourth-order valence-corrected chi connectivity index (χ4v) is 5.79. The number of pyridine rings is 1. The first kappa shape index (κ1) is 20.8. The minimum Gasteiger partial charge on any atom is -0.458 e. The third-order valence-corrected chi connectivity index (χ3v) is 7.69. The van der Waals surface area contributed by atoms with E-state index in [4.69, 9.17) is 9.40 Å². The van der Waals surface area contributed by atoms with Gasteiger partial charge in [0.15, 0.2) is 11.6 Å². The van der Waals surface area contributed by atoms with E-state index in [1.807, 2.05) is 58.0 Å². The molecule has 1 aliphatic heterocycles. The number of nitrogens with one attached hydrogen (secondary N) is 1. The van der Waals surface area contributed by atoms with Crippen LogP contribution in [0.4, 0.5) is 0 Å². The van der Waals surface area contributed by atoms with Crippen molar-refractivity contribution in [3.63, 3.8) is 0 Å². The normalized spacial score (nSPS) is 16.6. The van der Waals surface area contributed by atoms with Gasteiger partial charge in [0.2, 0.25) is 0 Å². The second kappa shape index (κ2) is 7.65. The molecule has 0 saturated carbocycles. The molecule has 1 aliphatic rings. The average molecular weight is 475 g/mol. The lowest BCUT2D eigenvalue weighted by Gasteiger charge is -2.47. The number of nitriles is 1. The number of hydrogen-bond donors (Lipinski definition) is 1. The molecule has 5 aromatic heterocycles. The minimum atomic E-state index is -1.04. The Morgan fingerprint density at radius 1 is 1.29 bits per heavy atom. The third kappa shape index (κ3) is 3.03. The monoisotopic (exact) mass is 474 g/mol. The first-order chi connectivity index (χ1) is 16.5. The molecule has 5 aromatic rings. The number of aromatic amines is 1. The molecule has 0 bridgehead atoms. The number of fused-ring (bicyclic) bond motifs is 3. The zero-order chi connectivity index (χ0) is 23.4. The molecule has 0 amide bonds. The Morgan fingerprint density at radius 3 is 2.88 bits per heavy atom. The highest BCUT2D eigenvalue weighted by Crippen LogP contribution is 2.36. The predicted octanol–water partition coefficient (Wildman–Crippen LogP) is 3.27. The smallest absolute Gasteiger partial charge is 0.182 e. The van der Waals surface area contributed by atoms with Crippen molar-refractivity contribution >= 4 is 33.1 Å². The highest BCUT2D eigenvalue weighted by Gasteiger charge is 2.47. The van der Waals surface area contributed by atoms with E-state index in [2.05, 4.69) is 21.1 Å². The van der Waals surface area contributed by atoms with Crippen molar-refractivity contribution in [2.75, 3.05) is 18.8 Å². The predicted molar refractivity (Wildman–Crippen MR) is 127 cm³/mol. The lowest BCUT2D eigenvalue weighted by Crippen LogP contribution is -2.63. The summed E-state index contributed by atoms with van der Waals surface area (Å²) >= 11 is 0. The van der Waals surface area contributed by atoms with Crippen LogP contribution in [0.1, 0.15) is 19.1 Å². The maximum atomic E-state index is 12.3. The molecule has 1 N–H and O–H groups in total. The number of nitrogens with zero attached hydrogens (tertiary/aromatic N) is 7. The molecular weight excluding hydrogens is 452 g/mol. The Hall–Kier alpha value is -3.75. The van der Waals surface area contributed by atoms with Gasteiger partial charge in [0, 0.05) is 36.6 Å². The van der Waals surface area contributed by atoms with Gasteiger partial charge in [0.05, 0.1) is 47.1 Å². The van der Waals surface area contributed by atoms with Gasteiger partial charge in [-0.3, -0.25) is 9.25 Å². The largest absolute Gasteiger partial charge is 0.458 e. The number of aromatic nitrogens is 6. The van der Waals surface area contributed by atoms with Crippen LogP contribution in [0.15, 0.2) is 47.4 Å². The molecule has 1 atom stereocenters. The topological polar surface area (TPSA) is 122 Å². The molecule has 6 heterocycles. The summed E-state index contributed by atoms with van der Waals surface area (Å²) in [5.74, 6) is 2.64. The molecule has 0 radical (unpaired) electrons. The van der Waals surface area contributed by atoms with Gasteiger partial charge in [-0.25, -0.2) is 18.5 Å². The van der Waals surface area contributed by atoms with Crippen LogP contribution >= 0.6 is 0 Å². The van der Waals surface area contributed by atoms with Crippen molar-refractivity contribution in [3.8, 4) is 23.3 Å². The van der Waals surface area contributed by atoms with Gasteiger partial charge in [-0.05, 0) is 25.1 Å². The number of hydrogen-bond acceptors (Lipinski definition) is 6. The number of aryl methyl sites for hydroxylation is 1. The minimum absolute atomic E-state index is 0.284. The van der Waals surface area contributed by atoms with E-state index >= 15 is 0 Å². The molecule has 0 spiro atoms. The molecular formula is C23H22N8O2S. The number of rotatable bonds is 6. The quantitative estimate of drug-likeness (QED) is 0.403. The Bertz CT molecular complexity index is 1590. The van der Waals surface area contributed by atoms with E-state index in [1.54, 1.807) is 12.4 Å². The van der Waals surface area contributed by atoms with E-state index < -0.39 is 16.5 Å². The SMILES string of the molecule is CCS(=O)N1CC(CC#N)(n2cc(-n3c(-c4ccc(C)o4)nc4cnc5[nH]ccc5c43)cn2)C1. The van der Waals surface area contributed by atoms with Gasteiger partial charge in [0.25, 0.3) is 0 Å². The molecule has 11 heteroatoms. The lowest BCUT2D eigenvalue weighted by molar-refractivity contribution is 0.0765. The standard InChI is InChI=1S/C23H22N8O2S/c1-3-34(32)29-13-23(14-29,7-8-24)30-12-16(10-27-30)31-20-17-6-9-25-21(17)26-11-18(20)28-22(31)19-5-4-15(2)33-19/h4-6,9-12H,3,7,13-14H2,1-2H3,(H,25,26). The summed E-state index contributed by atoms with van der Waals surface area (Å²) in [6, 6.07) is 8.08.